The Labute approximate surface area is 50.2 Å². The molecule has 5 nitrogen and oxygen atoms in total. The number of hydrogen-bond donors (Lipinski definition) is 1. The van der Waals surface area contributed by atoms with Gasteiger partial charge in [-0.05, 0) is 0 Å². The predicted octanol–water partition coefficient (Wildman–Crippen LogP) is 0.770. The molecule has 5 heteroatoms. The van der Waals surface area contributed by atoms with Crippen molar-refractivity contribution in [3.63, 3.8) is 0 Å². The average molecular weight is 128 g/mol. The molecule has 2 N–H and O–H groups in total. The van der Waals surface area contributed by atoms with E-state index < -0.39 is 4.92 Å². The Balaban J connectivity index is 2.98. The van der Waals surface area contributed by atoms with Crippen molar-refractivity contribution in [3.05, 3.63) is 22.4 Å². The number of hydrogen-bond acceptors (Lipinski definition) is 4. The van der Waals surface area contributed by atoms with Gasteiger partial charge < -0.3 is 10.2 Å². The lowest BCUT2D eigenvalue weighted by Crippen LogP contribution is -1.83. The number of rotatable bonds is 1. The van der Waals surface area contributed by atoms with E-state index in [1.807, 2.05) is 0 Å². The predicted molar refractivity (Wildman–Crippen MR) is 29.8 cm³/mol. The first-order valence-corrected chi connectivity index (χ1v) is 2.18. The fraction of sp³-hybridized carbons (Fsp3) is 0. The van der Waals surface area contributed by atoms with Crippen molar-refractivity contribution in [2.45, 2.75) is 0 Å². The van der Waals surface area contributed by atoms with Gasteiger partial charge in [-0.3, -0.25) is 10.1 Å². The van der Waals surface area contributed by atoms with Crippen molar-refractivity contribution in [3.8, 4) is 0 Å². The van der Waals surface area contributed by atoms with Crippen LogP contribution in [0.15, 0.2) is 16.7 Å². The zero-order chi connectivity index (χ0) is 6.85. The van der Waals surface area contributed by atoms with Crippen LogP contribution in [-0.2, 0) is 0 Å². The summed E-state index contributed by atoms with van der Waals surface area (Å²) in [7, 11) is 0. The smallest absolute Gasteiger partial charge is 0.407 e. The molecule has 0 atom stereocenters. The van der Waals surface area contributed by atoms with E-state index in [0.717, 1.165) is 12.3 Å². The van der Waals surface area contributed by atoms with Gasteiger partial charge in [0.05, 0.1) is 11.8 Å². The lowest BCUT2D eigenvalue weighted by molar-refractivity contribution is -0.402. The van der Waals surface area contributed by atoms with Crippen LogP contribution in [0.3, 0.4) is 0 Å². The highest BCUT2D eigenvalue weighted by Gasteiger charge is 2.08. The zero-order valence-corrected chi connectivity index (χ0v) is 4.40. The molecule has 0 radical (unpaired) electrons. The van der Waals surface area contributed by atoms with Gasteiger partial charge in [-0.2, -0.15) is 0 Å². The molecule has 0 aliphatic carbocycles. The Hall–Kier alpha value is -1.52. The topological polar surface area (TPSA) is 82.3 Å². The van der Waals surface area contributed by atoms with E-state index in [1.165, 1.54) is 0 Å². The fourth-order valence-corrected chi connectivity index (χ4v) is 0.435. The third kappa shape index (κ3) is 0.987. The molecular formula is C4H4N2O3. The second-order valence-electron chi connectivity index (χ2n) is 1.48. The Kier molecular flexibility index (Phi) is 1.11. The molecular weight excluding hydrogens is 124 g/mol. The molecule has 0 aliphatic rings. The van der Waals surface area contributed by atoms with Gasteiger partial charge in [0.1, 0.15) is 11.2 Å². The van der Waals surface area contributed by atoms with Gasteiger partial charge in [-0.1, -0.05) is 0 Å². The average Bonchev–Trinajstić information content (AvgIpc) is 2.14. The van der Waals surface area contributed by atoms with Crippen LogP contribution in [0.1, 0.15) is 0 Å². The van der Waals surface area contributed by atoms with Crippen molar-refractivity contribution in [1.29, 1.82) is 0 Å². The molecule has 48 valence electrons. The second-order valence-corrected chi connectivity index (χ2v) is 1.48. The van der Waals surface area contributed by atoms with Crippen molar-refractivity contribution in [2.75, 3.05) is 5.73 Å². The van der Waals surface area contributed by atoms with Crippen molar-refractivity contribution >= 4 is 11.6 Å². The molecule has 0 unspecified atom stereocenters. The summed E-state index contributed by atoms with van der Waals surface area (Å²) in [5, 5.41) is 9.87. The van der Waals surface area contributed by atoms with Crippen LogP contribution in [0, 0.1) is 10.1 Å². The van der Waals surface area contributed by atoms with Gasteiger partial charge in [0.2, 0.25) is 0 Å². The first kappa shape index (κ1) is 5.61. The van der Waals surface area contributed by atoms with Crippen molar-refractivity contribution in [2.24, 2.45) is 0 Å². The van der Waals surface area contributed by atoms with Crippen LogP contribution < -0.4 is 5.73 Å². The van der Waals surface area contributed by atoms with Crippen LogP contribution in [0.2, 0.25) is 0 Å². The summed E-state index contributed by atoms with van der Waals surface area (Å²) in [6.07, 6.45) is 1.12. The maximum Gasteiger partial charge on any atom is 0.435 e. The normalized spacial score (nSPS) is 9.33. The molecule has 0 fully saturated rings. The van der Waals surface area contributed by atoms with E-state index in [-0.39, 0.29) is 11.6 Å². The highest BCUT2D eigenvalue weighted by atomic mass is 16.6. The van der Waals surface area contributed by atoms with Crippen LogP contribution in [0.4, 0.5) is 11.6 Å². The first-order valence-electron chi connectivity index (χ1n) is 2.18. The van der Waals surface area contributed by atoms with Gasteiger partial charge in [0.15, 0.2) is 0 Å². The lowest BCUT2D eigenvalue weighted by Gasteiger charge is -1.76. The number of nitrogen functional groups attached to an aromatic ring is 1. The Morgan fingerprint density at radius 3 is 2.67 bits per heavy atom. The molecule has 1 aromatic heterocycles. The van der Waals surface area contributed by atoms with Gasteiger partial charge in [-0.25, -0.2) is 0 Å². The quantitative estimate of drug-likeness (QED) is 0.447. The standard InChI is InChI=1S/C4H4N2O3/c5-3-1-4(6(7)8)9-2-3/h1-2H,5H2. The molecule has 0 aliphatic heterocycles. The number of nitro groups is 1. The van der Waals surface area contributed by atoms with Crippen LogP contribution in [0.25, 0.3) is 0 Å². The maximum atomic E-state index is 9.87. The van der Waals surface area contributed by atoms with Crippen LogP contribution in [-0.4, -0.2) is 4.92 Å². The molecule has 0 amide bonds. The van der Waals surface area contributed by atoms with Crippen molar-refractivity contribution < 1.29 is 9.34 Å². The first-order chi connectivity index (χ1) is 4.20. The van der Waals surface area contributed by atoms with E-state index in [9.17, 15) is 10.1 Å². The molecule has 1 rings (SSSR count). The fourth-order valence-electron chi connectivity index (χ4n) is 0.435. The monoisotopic (exact) mass is 128 g/mol. The summed E-state index contributed by atoms with van der Waals surface area (Å²) in [5.74, 6) is -0.326. The highest BCUT2D eigenvalue weighted by Crippen LogP contribution is 2.15. The SMILES string of the molecule is Nc1coc([N+](=O)[O-])c1. The molecule has 1 aromatic rings. The number of nitrogens with zero attached hydrogens (tertiary/aromatic N) is 1. The van der Waals surface area contributed by atoms with E-state index in [4.69, 9.17) is 5.73 Å². The van der Waals surface area contributed by atoms with E-state index in [0.29, 0.717) is 0 Å². The Bertz CT molecular complexity index is 229. The number of nitrogens with two attached hydrogens (primary N) is 1. The minimum atomic E-state index is -0.643. The minimum Gasteiger partial charge on any atom is -0.407 e. The molecule has 0 saturated carbocycles. The molecule has 0 aromatic carbocycles. The van der Waals surface area contributed by atoms with Gasteiger partial charge in [-0.15, -0.1) is 0 Å². The molecule has 1 heterocycles. The molecule has 0 spiro atoms. The van der Waals surface area contributed by atoms with Gasteiger partial charge in [0.25, 0.3) is 0 Å². The number of furan rings is 1. The molecule has 0 saturated heterocycles. The summed E-state index contributed by atoms with van der Waals surface area (Å²) in [6.45, 7) is 0. The van der Waals surface area contributed by atoms with Gasteiger partial charge >= 0.3 is 5.88 Å². The minimum absolute atomic E-state index is 0.265. The summed E-state index contributed by atoms with van der Waals surface area (Å²) in [4.78, 5) is 9.23. The number of anilines is 1. The summed E-state index contributed by atoms with van der Waals surface area (Å²) >= 11 is 0. The third-order valence-electron chi connectivity index (χ3n) is 0.786. The van der Waals surface area contributed by atoms with Crippen LogP contribution >= 0.6 is 0 Å². The molecule has 9 heavy (non-hydrogen) atoms. The van der Waals surface area contributed by atoms with Crippen molar-refractivity contribution in [1.82, 2.24) is 0 Å². The summed E-state index contributed by atoms with van der Waals surface area (Å²) < 4.78 is 4.40. The largest absolute Gasteiger partial charge is 0.435 e. The Morgan fingerprint density at radius 2 is 2.44 bits per heavy atom. The maximum absolute atomic E-state index is 9.87. The lowest BCUT2D eigenvalue weighted by atomic mass is 10.5. The van der Waals surface area contributed by atoms with E-state index in [2.05, 4.69) is 4.42 Å². The van der Waals surface area contributed by atoms with Gasteiger partial charge in [0, 0.05) is 0 Å². The second kappa shape index (κ2) is 1.77. The molecule has 0 bridgehead atoms. The van der Waals surface area contributed by atoms with Crippen LogP contribution in [0.5, 0.6) is 0 Å². The summed E-state index contributed by atoms with van der Waals surface area (Å²) in [5.41, 5.74) is 5.38. The van der Waals surface area contributed by atoms with E-state index >= 15 is 0 Å². The third-order valence-corrected chi connectivity index (χ3v) is 0.786. The summed E-state index contributed by atoms with van der Waals surface area (Å²) in [6, 6.07) is 1.15. The highest BCUT2D eigenvalue weighted by molar-refractivity contribution is 5.40. The zero-order valence-electron chi connectivity index (χ0n) is 4.40. The van der Waals surface area contributed by atoms with E-state index in [1.54, 1.807) is 0 Å². The Morgan fingerprint density at radius 1 is 1.78 bits per heavy atom.